The number of hydrogen-bond acceptors (Lipinski definition) is 11. The average molecular weight is 698 g/mol. The van der Waals surface area contributed by atoms with E-state index in [1.165, 1.54) is 43.5 Å². The summed E-state index contributed by atoms with van der Waals surface area (Å²) < 4.78 is 21.5. The van der Waals surface area contributed by atoms with Crippen LogP contribution in [0.1, 0.15) is 25.3 Å². The lowest BCUT2D eigenvalue weighted by Gasteiger charge is -2.43. The zero-order chi connectivity index (χ0) is 31.7. The zero-order valence-corrected chi connectivity index (χ0v) is 29.1. The lowest BCUT2D eigenvalue weighted by molar-refractivity contribution is 0.0982. The number of aryl methyl sites for hydroxylation is 1. The highest BCUT2D eigenvalue weighted by atomic mass is 79.9. The van der Waals surface area contributed by atoms with Crippen LogP contribution in [0.25, 0.3) is 5.65 Å². The Hall–Kier alpha value is -3.25. The van der Waals surface area contributed by atoms with Crippen molar-refractivity contribution in [3.05, 3.63) is 46.8 Å². The summed E-state index contributed by atoms with van der Waals surface area (Å²) in [6.07, 6.45) is 6.39. The van der Waals surface area contributed by atoms with Gasteiger partial charge in [0.05, 0.1) is 23.0 Å². The summed E-state index contributed by atoms with van der Waals surface area (Å²) >= 11 is 3.57. The van der Waals surface area contributed by atoms with Crippen molar-refractivity contribution in [3.63, 3.8) is 0 Å². The van der Waals surface area contributed by atoms with Crippen molar-refractivity contribution >= 4 is 63.0 Å². The van der Waals surface area contributed by atoms with Crippen molar-refractivity contribution in [1.82, 2.24) is 34.4 Å². The molecule has 240 valence electrons. The van der Waals surface area contributed by atoms with Crippen LogP contribution in [0.5, 0.6) is 5.75 Å². The van der Waals surface area contributed by atoms with Crippen LogP contribution in [0.15, 0.2) is 41.3 Å². The molecular weight excluding hydrogens is 655 g/mol. The molecule has 0 atom stereocenters. The fourth-order valence-corrected chi connectivity index (χ4v) is 7.98. The fourth-order valence-electron chi connectivity index (χ4n) is 6.37. The van der Waals surface area contributed by atoms with E-state index in [0.717, 1.165) is 44.0 Å². The van der Waals surface area contributed by atoms with Crippen LogP contribution >= 0.6 is 23.1 Å². The van der Waals surface area contributed by atoms with Gasteiger partial charge >= 0.3 is 0 Å². The summed E-state index contributed by atoms with van der Waals surface area (Å²) in [6, 6.07) is 8.64. The Bertz CT molecular complexity index is 1710. The van der Waals surface area contributed by atoms with Gasteiger partial charge < -0.3 is 29.7 Å². The summed E-state index contributed by atoms with van der Waals surface area (Å²) in [4.78, 5) is 21.2. The molecule has 0 spiro atoms. The molecule has 5 heterocycles. The van der Waals surface area contributed by atoms with Crippen LogP contribution < -0.4 is 25.7 Å². The Balaban J connectivity index is 1.22. The molecule has 1 aromatic carbocycles. The largest absolute Gasteiger partial charge is 0.494 e. The number of nitrogens with one attached hydrogen (secondary N) is 2. The molecule has 45 heavy (non-hydrogen) atoms. The van der Waals surface area contributed by atoms with Crippen LogP contribution in [0.2, 0.25) is 0 Å². The van der Waals surface area contributed by atoms with Gasteiger partial charge in [-0.3, -0.25) is 4.90 Å². The molecule has 0 bridgehead atoms. The van der Waals surface area contributed by atoms with Gasteiger partial charge in [0.15, 0.2) is 5.65 Å². The van der Waals surface area contributed by atoms with Crippen molar-refractivity contribution in [3.8, 4) is 5.75 Å². The standard InChI is InChI=1S/C31H42BrN10O2P/c1-6-21-17-25(27(44-3)18-26(21)41-11-9-22(10-12-41)40-15-13-39(2)14-16-40)37-31-33-19-23(32)29(38-31)36-24-7-8-28-34-20-35-42(28)30(24)45(4,5)43/h7-8,17-20,22H,6,9-16H2,1-5H3,(H2,33,36,37,38). The first-order valence-corrected chi connectivity index (χ1v) is 18.9. The second-order valence-electron chi connectivity index (χ2n) is 12.2. The quantitative estimate of drug-likeness (QED) is 0.235. The van der Waals surface area contributed by atoms with Crippen LogP contribution in [0.3, 0.4) is 0 Å². The number of piperazine rings is 1. The lowest BCUT2D eigenvalue weighted by atomic mass is 9.99. The second kappa shape index (κ2) is 13.2. The normalized spacial score (nSPS) is 17.2. The fraction of sp³-hybridized carbons (Fsp3) is 0.484. The van der Waals surface area contributed by atoms with E-state index in [1.54, 1.807) is 31.2 Å². The van der Waals surface area contributed by atoms with Crippen LogP contribution in [-0.4, -0.2) is 107 Å². The zero-order valence-electron chi connectivity index (χ0n) is 26.6. The summed E-state index contributed by atoms with van der Waals surface area (Å²) in [5.74, 6) is 1.67. The Kier molecular flexibility index (Phi) is 9.33. The summed E-state index contributed by atoms with van der Waals surface area (Å²) in [5, 5.41) is 11.0. The molecule has 12 nitrogen and oxygen atoms in total. The summed E-state index contributed by atoms with van der Waals surface area (Å²) in [7, 11) is 1.17. The third kappa shape index (κ3) is 6.82. The molecule has 6 rings (SSSR count). The number of methoxy groups -OCH3 is 1. The van der Waals surface area contributed by atoms with Gasteiger partial charge in [-0.2, -0.15) is 10.1 Å². The maximum absolute atomic E-state index is 13.3. The SMILES string of the molecule is CCc1cc(Nc2ncc(Br)c(Nc3ccc4ncnn4c3P(C)(C)=O)n2)c(OC)cc1N1CCC(N2CCN(C)CC2)CC1. The third-order valence-corrected chi connectivity index (χ3v) is 10.8. The molecule has 0 aliphatic carbocycles. The number of pyridine rings is 1. The smallest absolute Gasteiger partial charge is 0.229 e. The maximum atomic E-state index is 13.3. The topological polar surface area (TPSA) is 116 Å². The van der Waals surface area contributed by atoms with Gasteiger partial charge in [0.2, 0.25) is 5.95 Å². The molecule has 2 fully saturated rings. The van der Waals surface area contributed by atoms with Crippen molar-refractivity contribution < 1.29 is 9.30 Å². The number of rotatable bonds is 9. The number of hydrogen-bond donors (Lipinski definition) is 2. The minimum absolute atomic E-state index is 0.404. The molecule has 0 unspecified atom stereocenters. The van der Waals surface area contributed by atoms with E-state index < -0.39 is 7.14 Å². The van der Waals surface area contributed by atoms with Gasteiger partial charge in [-0.1, -0.05) is 6.92 Å². The Morgan fingerprint density at radius 1 is 1.02 bits per heavy atom. The Morgan fingerprint density at radius 2 is 1.78 bits per heavy atom. The van der Waals surface area contributed by atoms with Gasteiger partial charge in [0.25, 0.3) is 0 Å². The van der Waals surface area contributed by atoms with Crippen molar-refractivity contribution in [1.29, 1.82) is 0 Å². The highest BCUT2D eigenvalue weighted by Crippen LogP contribution is 2.40. The first-order chi connectivity index (χ1) is 21.6. The van der Waals surface area contributed by atoms with Gasteiger partial charge in [0, 0.05) is 63.3 Å². The number of fused-ring (bicyclic) bond motifs is 1. The number of likely N-dealkylation sites (N-methyl/N-ethyl adjacent to an activating group) is 1. The van der Waals surface area contributed by atoms with Crippen LogP contribution in [0.4, 0.5) is 28.8 Å². The number of anilines is 5. The molecule has 2 saturated heterocycles. The number of aromatic nitrogens is 5. The molecule has 0 radical (unpaired) electrons. The first kappa shape index (κ1) is 31.7. The molecular formula is C31H42BrN10O2P. The predicted octanol–water partition coefficient (Wildman–Crippen LogP) is 4.80. The van der Waals surface area contributed by atoms with E-state index in [2.05, 4.69) is 82.4 Å². The van der Waals surface area contributed by atoms with Gasteiger partial charge in [0.1, 0.15) is 30.5 Å². The highest BCUT2D eigenvalue weighted by Gasteiger charge is 2.28. The van der Waals surface area contributed by atoms with Gasteiger partial charge in [-0.05, 0) is 79.3 Å². The van der Waals surface area contributed by atoms with Crippen molar-refractivity contribution in [2.75, 3.05) is 82.3 Å². The summed E-state index contributed by atoms with van der Waals surface area (Å²) in [5.41, 5.74) is 5.11. The van der Waals surface area contributed by atoms with E-state index in [0.29, 0.717) is 39.1 Å². The monoisotopic (exact) mass is 696 g/mol. The Labute approximate surface area is 273 Å². The van der Waals surface area contributed by atoms with Gasteiger partial charge in [-0.15, -0.1) is 0 Å². The third-order valence-electron chi connectivity index (χ3n) is 8.81. The number of piperidine rings is 1. The molecule has 0 saturated carbocycles. The van der Waals surface area contributed by atoms with Crippen LogP contribution in [-0.2, 0) is 11.0 Å². The maximum Gasteiger partial charge on any atom is 0.229 e. The predicted molar refractivity (Wildman–Crippen MR) is 185 cm³/mol. The molecule has 2 aliphatic heterocycles. The minimum Gasteiger partial charge on any atom is -0.494 e. The minimum atomic E-state index is -2.74. The highest BCUT2D eigenvalue weighted by molar-refractivity contribution is 9.10. The van der Waals surface area contributed by atoms with E-state index in [1.807, 2.05) is 12.1 Å². The van der Waals surface area contributed by atoms with E-state index in [4.69, 9.17) is 9.72 Å². The average Bonchev–Trinajstić information content (AvgIpc) is 3.51. The molecule has 2 aliphatic rings. The van der Waals surface area contributed by atoms with E-state index >= 15 is 0 Å². The lowest BCUT2D eigenvalue weighted by Crippen LogP contribution is -2.52. The second-order valence-corrected chi connectivity index (χ2v) is 16.2. The molecule has 0 amide bonds. The van der Waals surface area contributed by atoms with Crippen molar-refractivity contribution in [2.45, 2.75) is 32.2 Å². The first-order valence-electron chi connectivity index (χ1n) is 15.5. The number of benzene rings is 1. The van der Waals surface area contributed by atoms with Gasteiger partial charge in [-0.25, -0.2) is 14.5 Å². The molecule has 4 aromatic rings. The summed E-state index contributed by atoms with van der Waals surface area (Å²) in [6.45, 7) is 12.3. The van der Waals surface area contributed by atoms with E-state index in [9.17, 15) is 4.57 Å². The molecule has 2 N–H and O–H groups in total. The number of ether oxygens (including phenoxy) is 1. The Morgan fingerprint density at radius 3 is 2.47 bits per heavy atom. The van der Waals surface area contributed by atoms with E-state index in [-0.39, 0.29) is 0 Å². The van der Waals surface area contributed by atoms with Crippen LogP contribution in [0, 0.1) is 0 Å². The van der Waals surface area contributed by atoms with Crippen molar-refractivity contribution in [2.24, 2.45) is 0 Å². The molecule has 3 aromatic heterocycles. The molecule has 14 heteroatoms. The number of nitrogens with zero attached hydrogens (tertiary/aromatic N) is 8. The number of halogens is 1.